The van der Waals surface area contributed by atoms with Crippen LogP contribution in [0.4, 0.5) is 5.13 Å². The number of amides is 1. The van der Waals surface area contributed by atoms with Gasteiger partial charge in [0, 0.05) is 49.9 Å². The summed E-state index contributed by atoms with van der Waals surface area (Å²) in [5, 5.41) is 4.65. The molecule has 1 N–H and O–H groups in total. The Kier molecular flexibility index (Phi) is 5.57. The van der Waals surface area contributed by atoms with Gasteiger partial charge in [0.15, 0.2) is 5.13 Å². The Morgan fingerprint density at radius 3 is 2.70 bits per heavy atom. The SMILES string of the molecule is O=C(NCCN1CCN(c2nc3ccccc3s2)CC1)c1cccc(Cl)c1. The summed E-state index contributed by atoms with van der Waals surface area (Å²) in [4.78, 5) is 21.6. The van der Waals surface area contributed by atoms with E-state index in [-0.39, 0.29) is 5.91 Å². The van der Waals surface area contributed by atoms with E-state index in [2.05, 4.69) is 33.3 Å². The number of thiazole rings is 1. The standard InChI is InChI=1S/C20H21ClN4OS/c21-16-5-3-4-15(14-16)19(26)22-8-9-24-10-12-25(13-11-24)20-23-17-6-1-2-7-18(17)27-20/h1-7,14H,8-13H2,(H,22,26). The Bertz CT molecular complexity index is 903. The molecule has 1 fully saturated rings. The van der Waals surface area contributed by atoms with Gasteiger partial charge in [0.05, 0.1) is 10.2 Å². The van der Waals surface area contributed by atoms with Crippen LogP contribution in [0.25, 0.3) is 10.2 Å². The number of para-hydroxylation sites is 1. The lowest BCUT2D eigenvalue weighted by Gasteiger charge is -2.34. The van der Waals surface area contributed by atoms with E-state index < -0.39 is 0 Å². The molecule has 1 amide bonds. The fraction of sp³-hybridized carbons (Fsp3) is 0.300. The lowest BCUT2D eigenvalue weighted by atomic mass is 10.2. The molecular weight excluding hydrogens is 380 g/mol. The van der Waals surface area contributed by atoms with Gasteiger partial charge in [-0.15, -0.1) is 0 Å². The highest BCUT2D eigenvalue weighted by atomic mass is 35.5. The Hall–Kier alpha value is -2.15. The summed E-state index contributed by atoms with van der Waals surface area (Å²) >= 11 is 7.69. The van der Waals surface area contributed by atoms with Crippen LogP contribution in [0.1, 0.15) is 10.4 Å². The molecule has 2 heterocycles. The van der Waals surface area contributed by atoms with E-state index in [4.69, 9.17) is 16.6 Å². The van der Waals surface area contributed by atoms with Crippen LogP contribution in [0.5, 0.6) is 0 Å². The third kappa shape index (κ3) is 4.40. The zero-order valence-electron chi connectivity index (χ0n) is 14.9. The quantitative estimate of drug-likeness (QED) is 0.712. The molecule has 140 valence electrons. The molecule has 0 saturated carbocycles. The maximum atomic E-state index is 12.2. The molecule has 3 aromatic rings. The molecule has 0 bridgehead atoms. The van der Waals surface area contributed by atoms with Crippen molar-refractivity contribution in [3.05, 3.63) is 59.1 Å². The molecule has 0 atom stereocenters. The number of hydrogen-bond acceptors (Lipinski definition) is 5. The minimum Gasteiger partial charge on any atom is -0.351 e. The summed E-state index contributed by atoms with van der Waals surface area (Å²) in [7, 11) is 0. The van der Waals surface area contributed by atoms with Crippen LogP contribution in [0.2, 0.25) is 5.02 Å². The first-order valence-corrected chi connectivity index (χ1v) is 10.3. The van der Waals surface area contributed by atoms with Gasteiger partial charge >= 0.3 is 0 Å². The van der Waals surface area contributed by atoms with Crippen LogP contribution >= 0.6 is 22.9 Å². The number of benzene rings is 2. The van der Waals surface area contributed by atoms with Crippen molar-refractivity contribution in [2.75, 3.05) is 44.2 Å². The van der Waals surface area contributed by atoms with Crippen molar-refractivity contribution in [3.8, 4) is 0 Å². The number of nitrogens with one attached hydrogen (secondary N) is 1. The molecule has 1 saturated heterocycles. The van der Waals surface area contributed by atoms with E-state index in [1.54, 1.807) is 35.6 Å². The Balaban J connectivity index is 1.24. The van der Waals surface area contributed by atoms with Crippen LogP contribution in [0.15, 0.2) is 48.5 Å². The summed E-state index contributed by atoms with van der Waals surface area (Å²) in [6.07, 6.45) is 0. The highest BCUT2D eigenvalue weighted by molar-refractivity contribution is 7.22. The van der Waals surface area contributed by atoms with E-state index in [0.717, 1.165) is 43.4 Å². The summed E-state index contributed by atoms with van der Waals surface area (Å²) < 4.78 is 1.23. The number of fused-ring (bicyclic) bond motifs is 1. The van der Waals surface area contributed by atoms with E-state index >= 15 is 0 Å². The molecule has 1 aliphatic heterocycles. The molecule has 4 rings (SSSR count). The normalized spacial score (nSPS) is 15.2. The first-order valence-electron chi connectivity index (χ1n) is 9.06. The number of halogens is 1. The van der Waals surface area contributed by atoms with Gasteiger partial charge in [-0.1, -0.05) is 41.1 Å². The molecule has 7 heteroatoms. The molecule has 27 heavy (non-hydrogen) atoms. The van der Waals surface area contributed by atoms with Gasteiger partial charge in [0.1, 0.15) is 0 Å². The number of hydrogen-bond donors (Lipinski definition) is 1. The largest absolute Gasteiger partial charge is 0.351 e. The predicted octanol–water partition coefficient (Wildman–Crippen LogP) is 3.50. The van der Waals surface area contributed by atoms with Gasteiger partial charge in [-0.2, -0.15) is 0 Å². The van der Waals surface area contributed by atoms with E-state index in [1.807, 2.05) is 6.07 Å². The summed E-state index contributed by atoms with van der Waals surface area (Å²) in [6, 6.07) is 15.3. The number of nitrogens with zero attached hydrogens (tertiary/aromatic N) is 3. The van der Waals surface area contributed by atoms with Crippen molar-refractivity contribution in [2.24, 2.45) is 0 Å². The number of aromatic nitrogens is 1. The van der Waals surface area contributed by atoms with Crippen LogP contribution < -0.4 is 10.2 Å². The van der Waals surface area contributed by atoms with Crippen molar-refractivity contribution in [1.82, 2.24) is 15.2 Å². The molecule has 0 spiro atoms. The monoisotopic (exact) mass is 400 g/mol. The highest BCUT2D eigenvalue weighted by Crippen LogP contribution is 2.29. The second kappa shape index (κ2) is 8.25. The third-order valence-corrected chi connectivity index (χ3v) is 6.06. The Labute approximate surface area is 167 Å². The predicted molar refractivity (Wildman–Crippen MR) is 112 cm³/mol. The number of carbonyl (C=O) groups is 1. The van der Waals surface area contributed by atoms with Crippen molar-refractivity contribution in [1.29, 1.82) is 0 Å². The van der Waals surface area contributed by atoms with Gasteiger partial charge in [0.25, 0.3) is 5.91 Å². The molecule has 1 aromatic heterocycles. The van der Waals surface area contributed by atoms with Crippen molar-refractivity contribution in [2.45, 2.75) is 0 Å². The van der Waals surface area contributed by atoms with Gasteiger partial charge in [-0.25, -0.2) is 4.98 Å². The number of rotatable bonds is 5. The zero-order valence-corrected chi connectivity index (χ0v) is 16.5. The Morgan fingerprint density at radius 2 is 1.93 bits per heavy atom. The minimum atomic E-state index is -0.0781. The summed E-state index contributed by atoms with van der Waals surface area (Å²) in [5.41, 5.74) is 1.67. The van der Waals surface area contributed by atoms with E-state index in [1.165, 1.54) is 4.70 Å². The van der Waals surface area contributed by atoms with Crippen molar-refractivity contribution in [3.63, 3.8) is 0 Å². The van der Waals surface area contributed by atoms with Gasteiger partial charge in [-0.3, -0.25) is 9.69 Å². The fourth-order valence-corrected chi connectivity index (χ4v) is 4.42. The first kappa shape index (κ1) is 18.2. The van der Waals surface area contributed by atoms with Crippen LogP contribution in [-0.2, 0) is 0 Å². The van der Waals surface area contributed by atoms with Gasteiger partial charge in [0.2, 0.25) is 0 Å². The lowest BCUT2D eigenvalue weighted by Crippen LogP contribution is -2.48. The van der Waals surface area contributed by atoms with Crippen molar-refractivity contribution < 1.29 is 4.79 Å². The number of piperazine rings is 1. The number of anilines is 1. The molecule has 0 aliphatic carbocycles. The smallest absolute Gasteiger partial charge is 0.251 e. The van der Waals surface area contributed by atoms with E-state index in [9.17, 15) is 4.79 Å². The minimum absolute atomic E-state index is 0.0781. The second-order valence-electron chi connectivity index (χ2n) is 6.56. The average Bonchev–Trinajstić information content (AvgIpc) is 3.12. The third-order valence-electron chi connectivity index (χ3n) is 4.73. The topological polar surface area (TPSA) is 48.5 Å². The van der Waals surface area contributed by atoms with Crippen LogP contribution in [0.3, 0.4) is 0 Å². The zero-order chi connectivity index (χ0) is 18.6. The number of carbonyl (C=O) groups excluding carboxylic acids is 1. The molecule has 2 aromatic carbocycles. The summed E-state index contributed by atoms with van der Waals surface area (Å²) in [5.74, 6) is -0.0781. The molecule has 5 nitrogen and oxygen atoms in total. The average molecular weight is 401 g/mol. The van der Waals surface area contributed by atoms with Crippen LogP contribution in [-0.4, -0.2) is 55.1 Å². The Morgan fingerprint density at radius 1 is 1.11 bits per heavy atom. The van der Waals surface area contributed by atoms with Gasteiger partial charge in [-0.05, 0) is 30.3 Å². The van der Waals surface area contributed by atoms with E-state index in [0.29, 0.717) is 17.1 Å². The van der Waals surface area contributed by atoms with Crippen molar-refractivity contribution >= 4 is 44.2 Å². The second-order valence-corrected chi connectivity index (χ2v) is 8.00. The maximum Gasteiger partial charge on any atom is 0.251 e. The molecule has 0 radical (unpaired) electrons. The first-order chi connectivity index (χ1) is 13.2. The molecule has 0 unspecified atom stereocenters. The highest BCUT2D eigenvalue weighted by Gasteiger charge is 2.19. The van der Waals surface area contributed by atoms with Crippen LogP contribution in [0, 0.1) is 0 Å². The summed E-state index contributed by atoms with van der Waals surface area (Å²) in [6.45, 7) is 5.35. The van der Waals surface area contributed by atoms with Gasteiger partial charge < -0.3 is 10.2 Å². The lowest BCUT2D eigenvalue weighted by molar-refractivity contribution is 0.0948. The molecular formula is C20H21ClN4OS. The molecule has 1 aliphatic rings. The maximum absolute atomic E-state index is 12.2. The fourth-order valence-electron chi connectivity index (χ4n) is 3.22.